The second-order valence-electron chi connectivity index (χ2n) is 6.67. The number of nitrogens with zero attached hydrogens (tertiary/aromatic N) is 1. The molecule has 24 heavy (non-hydrogen) atoms. The summed E-state index contributed by atoms with van der Waals surface area (Å²) < 4.78 is 5.02. The Kier molecular flexibility index (Phi) is 5.38. The highest BCUT2D eigenvalue weighted by molar-refractivity contribution is 5.77. The molecule has 1 aromatic carbocycles. The quantitative estimate of drug-likeness (QED) is 0.923. The molecule has 1 heterocycles. The normalized spacial score (nSPS) is 20.5. The third-order valence-electron chi connectivity index (χ3n) is 5.07. The molecule has 0 aromatic heterocycles. The molecule has 3 rings (SSSR count). The number of ether oxygens (including phenoxy) is 1. The van der Waals surface area contributed by atoms with Gasteiger partial charge in [0.15, 0.2) is 0 Å². The minimum Gasteiger partial charge on any atom is -0.450 e. The van der Waals surface area contributed by atoms with Crippen LogP contribution in [0, 0.1) is 0 Å². The summed E-state index contributed by atoms with van der Waals surface area (Å²) in [7, 11) is 0. The molecule has 5 nitrogen and oxygen atoms in total. The van der Waals surface area contributed by atoms with Gasteiger partial charge in [0.1, 0.15) is 0 Å². The number of benzene rings is 1. The van der Waals surface area contributed by atoms with E-state index in [1.807, 2.05) is 6.92 Å². The third kappa shape index (κ3) is 3.89. The van der Waals surface area contributed by atoms with Crippen molar-refractivity contribution in [3.05, 3.63) is 35.4 Å². The average molecular weight is 330 g/mol. The first-order chi connectivity index (χ1) is 11.7. The molecule has 130 valence electrons. The zero-order valence-corrected chi connectivity index (χ0v) is 14.3. The molecule has 0 spiro atoms. The van der Waals surface area contributed by atoms with Crippen molar-refractivity contribution >= 4 is 12.0 Å². The Balaban J connectivity index is 1.45. The van der Waals surface area contributed by atoms with Crippen molar-refractivity contribution in [1.82, 2.24) is 10.2 Å². The molecule has 2 amide bonds. The summed E-state index contributed by atoms with van der Waals surface area (Å²) in [5, 5.41) is 3.15. The van der Waals surface area contributed by atoms with Crippen LogP contribution in [0.15, 0.2) is 24.3 Å². The fraction of sp³-hybridized carbons (Fsp3) is 0.579. The van der Waals surface area contributed by atoms with E-state index < -0.39 is 0 Å². The molecule has 1 aliphatic carbocycles. The monoisotopic (exact) mass is 330 g/mol. The van der Waals surface area contributed by atoms with Crippen LogP contribution < -0.4 is 5.32 Å². The Morgan fingerprint density at radius 2 is 1.96 bits per heavy atom. The first-order valence-corrected chi connectivity index (χ1v) is 8.96. The van der Waals surface area contributed by atoms with Crippen molar-refractivity contribution in [2.24, 2.45) is 0 Å². The maximum Gasteiger partial charge on any atom is 0.409 e. The lowest BCUT2D eigenvalue weighted by atomic mass is 9.97. The zero-order valence-electron chi connectivity index (χ0n) is 14.3. The molecular formula is C19H26N2O3. The van der Waals surface area contributed by atoms with Gasteiger partial charge in [-0.3, -0.25) is 4.79 Å². The van der Waals surface area contributed by atoms with Crippen molar-refractivity contribution in [2.45, 2.75) is 51.0 Å². The molecule has 1 aromatic rings. The molecule has 1 atom stereocenters. The van der Waals surface area contributed by atoms with Crippen LogP contribution in [0.1, 0.15) is 49.7 Å². The van der Waals surface area contributed by atoms with E-state index in [-0.39, 0.29) is 18.0 Å². The summed E-state index contributed by atoms with van der Waals surface area (Å²) >= 11 is 0. The van der Waals surface area contributed by atoms with Gasteiger partial charge >= 0.3 is 6.09 Å². The number of amides is 2. The Labute approximate surface area is 143 Å². The van der Waals surface area contributed by atoms with Gasteiger partial charge in [-0.1, -0.05) is 24.3 Å². The van der Waals surface area contributed by atoms with E-state index in [9.17, 15) is 9.59 Å². The Bertz CT molecular complexity index is 594. The summed E-state index contributed by atoms with van der Waals surface area (Å²) in [4.78, 5) is 25.8. The molecule has 0 radical (unpaired) electrons. The minimum atomic E-state index is -0.246. The van der Waals surface area contributed by atoms with Gasteiger partial charge < -0.3 is 15.0 Å². The molecular weight excluding hydrogens is 304 g/mol. The second-order valence-corrected chi connectivity index (χ2v) is 6.67. The van der Waals surface area contributed by atoms with E-state index in [4.69, 9.17) is 4.74 Å². The first-order valence-electron chi connectivity index (χ1n) is 8.96. The number of piperidine rings is 1. The number of carbonyl (C=O) groups excluding carboxylic acids is 2. The summed E-state index contributed by atoms with van der Waals surface area (Å²) in [6.45, 7) is 3.51. The summed E-state index contributed by atoms with van der Waals surface area (Å²) in [5.41, 5.74) is 2.72. The van der Waals surface area contributed by atoms with E-state index in [1.54, 1.807) is 4.90 Å². The maximum atomic E-state index is 12.4. The van der Waals surface area contributed by atoms with Gasteiger partial charge in [-0.05, 0) is 49.7 Å². The highest BCUT2D eigenvalue weighted by atomic mass is 16.6. The molecule has 0 saturated carbocycles. The van der Waals surface area contributed by atoms with Crippen molar-refractivity contribution < 1.29 is 14.3 Å². The fourth-order valence-corrected chi connectivity index (χ4v) is 3.79. The van der Waals surface area contributed by atoms with Gasteiger partial charge in [-0.15, -0.1) is 0 Å². The van der Waals surface area contributed by atoms with Gasteiger partial charge in [0, 0.05) is 25.6 Å². The number of hydrogen-bond donors (Lipinski definition) is 1. The molecule has 5 heteroatoms. The van der Waals surface area contributed by atoms with Gasteiger partial charge in [0.2, 0.25) is 5.91 Å². The topological polar surface area (TPSA) is 58.6 Å². The van der Waals surface area contributed by atoms with E-state index in [2.05, 4.69) is 29.6 Å². The van der Waals surface area contributed by atoms with Crippen LogP contribution in [-0.2, 0) is 16.0 Å². The molecule has 1 aliphatic heterocycles. The predicted octanol–water partition coefficient (Wildman–Crippen LogP) is 2.84. The van der Waals surface area contributed by atoms with Gasteiger partial charge in [0.25, 0.3) is 0 Å². The smallest absolute Gasteiger partial charge is 0.409 e. The van der Waals surface area contributed by atoms with Crippen LogP contribution in [0.2, 0.25) is 0 Å². The standard InChI is InChI=1S/C19H26N2O3/c1-2-24-19(23)21-11-9-16(10-12-21)20-18(22)13-15-8-7-14-5-3-4-6-17(14)15/h3-6,15-16H,2,7-13H2,1H3,(H,20,22)/t15-/m1/s1. The van der Waals surface area contributed by atoms with Crippen LogP contribution in [0.5, 0.6) is 0 Å². The van der Waals surface area contributed by atoms with E-state index in [0.717, 1.165) is 25.7 Å². The predicted molar refractivity (Wildman–Crippen MR) is 91.9 cm³/mol. The van der Waals surface area contributed by atoms with Crippen molar-refractivity contribution in [1.29, 1.82) is 0 Å². The lowest BCUT2D eigenvalue weighted by Gasteiger charge is -2.31. The average Bonchev–Trinajstić information content (AvgIpc) is 2.99. The first kappa shape index (κ1) is 16.8. The van der Waals surface area contributed by atoms with Crippen molar-refractivity contribution in [2.75, 3.05) is 19.7 Å². The highest BCUT2D eigenvalue weighted by Crippen LogP contribution is 2.35. The number of fused-ring (bicyclic) bond motifs is 1. The number of likely N-dealkylation sites (tertiary alicyclic amines) is 1. The maximum absolute atomic E-state index is 12.4. The van der Waals surface area contributed by atoms with E-state index in [1.165, 1.54) is 11.1 Å². The number of nitrogens with one attached hydrogen (secondary N) is 1. The largest absolute Gasteiger partial charge is 0.450 e. The van der Waals surface area contributed by atoms with Crippen LogP contribution in [0.3, 0.4) is 0 Å². The van der Waals surface area contributed by atoms with Crippen LogP contribution in [-0.4, -0.2) is 42.6 Å². The zero-order chi connectivity index (χ0) is 16.9. The lowest BCUT2D eigenvalue weighted by molar-refractivity contribution is -0.122. The molecule has 0 bridgehead atoms. The van der Waals surface area contributed by atoms with Gasteiger partial charge in [-0.25, -0.2) is 4.79 Å². The number of aryl methyl sites for hydroxylation is 1. The van der Waals surface area contributed by atoms with Gasteiger partial charge in [-0.2, -0.15) is 0 Å². The Hall–Kier alpha value is -2.04. The van der Waals surface area contributed by atoms with Crippen LogP contribution in [0.4, 0.5) is 4.79 Å². The number of hydrogen-bond acceptors (Lipinski definition) is 3. The minimum absolute atomic E-state index is 0.131. The Morgan fingerprint density at radius 1 is 1.21 bits per heavy atom. The lowest BCUT2D eigenvalue weighted by Crippen LogP contribution is -2.46. The number of rotatable bonds is 4. The summed E-state index contributed by atoms with van der Waals surface area (Å²) in [6, 6.07) is 8.61. The molecule has 2 aliphatic rings. The molecule has 1 saturated heterocycles. The van der Waals surface area contributed by atoms with Gasteiger partial charge in [0.05, 0.1) is 6.61 Å². The highest BCUT2D eigenvalue weighted by Gasteiger charge is 2.27. The molecule has 0 unspecified atom stereocenters. The molecule has 1 N–H and O–H groups in total. The van der Waals surface area contributed by atoms with Crippen molar-refractivity contribution in [3.63, 3.8) is 0 Å². The third-order valence-corrected chi connectivity index (χ3v) is 5.07. The summed E-state index contributed by atoms with van der Waals surface area (Å²) in [5.74, 6) is 0.479. The number of carbonyl (C=O) groups is 2. The van der Waals surface area contributed by atoms with Crippen LogP contribution >= 0.6 is 0 Å². The molecule has 1 fully saturated rings. The van der Waals surface area contributed by atoms with Crippen molar-refractivity contribution in [3.8, 4) is 0 Å². The fourth-order valence-electron chi connectivity index (χ4n) is 3.79. The summed E-state index contributed by atoms with van der Waals surface area (Å²) in [6.07, 6.45) is 4.05. The van der Waals surface area contributed by atoms with E-state index in [0.29, 0.717) is 32.0 Å². The second kappa shape index (κ2) is 7.69. The van der Waals surface area contributed by atoms with Crippen LogP contribution in [0.25, 0.3) is 0 Å². The van der Waals surface area contributed by atoms with E-state index >= 15 is 0 Å². The SMILES string of the molecule is CCOC(=O)N1CCC(NC(=O)C[C@H]2CCc3ccccc32)CC1. The Morgan fingerprint density at radius 3 is 2.71 bits per heavy atom.